The van der Waals surface area contributed by atoms with Crippen LogP contribution in [0.3, 0.4) is 0 Å². The summed E-state index contributed by atoms with van der Waals surface area (Å²) in [5.74, 6) is 0.417. The molecule has 2 unspecified atom stereocenters. The fourth-order valence-electron chi connectivity index (χ4n) is 2.90. The van der Waals surface area contributed by atoms with E-state index in [1.807, 2.05) is 25.7 Å². The molecule has 4 nitrogen and oxygen atoms in total. The molecule has 1 saturated heterocycles. The molecular formula is C17H27BrN2O2S. The van der Waals surface area contributed by atoms with E-state index in [-0.39, 0.29) is 12.1 Å². The summed E-state index contributed by atoms with van der Waals surface area (Å²) in [6.07, 6.45) is 1.91. The van der Waals surface area contributed by atoms with Gasteiger partial charge in [0.15, 0.2) is 0 Å². The summed E-state index contributed by atoms with van der Waals surface area (Å²) in [5, 5.41) is 7.98. The van der Waals surface area contributed by atoms with Gasteiger partial charge in [-0.05, 0) is 72.9 Å². The van der Waals surface area contributed by atoms with E-state index in [1.54, 1.807) is 11.3 Å². The second kappa shape index (κ2) is 7.99. The number of amides is 1. The van der Waals surface area contributed by atoms with Crippen LogP contribution in [0.15, 0.2) is 15.2 Å². The van der Waals surface area contributed by atoms with E-state index in [2.05, 4.69) is 38.9 Å². The van der Waals surface area contributed by atoms with Crippen LogP contribution in [0.25, 0.3) is 0 Å². The topological polar surface area (TPSA) is 41.6 Å². The molecule has 2 heterocycles. The largest absolute Gasteiger partial charge is 0.444 e. The van der Waals surface area contributed by atoms with E-state index in [0.717, 1.165) is 36.9 Å². The maximum Gasteiger partial charge on any atom is 0.410 e. The molecule has 1 N–H and O–H groups in total. The molecule has 1 aromatic heterocycles. The van der Waals surface area contributed by atoms with Crippen LogP contribution >= 0.6 is 27.3 Å². The Hall–Kier alpha value is -0.590. The molecule has 0 radical (unpaired) electrons. The number of thiophene rings is 1. The molecule has 2 rings (SSSR count). The lowest BCUT2D eigenvalue weighted by atomic mass is 9.94. The van der Waals surface area contributed by atoms with Gasteiger partial charge in [-0.25, -0.2) is 4.79 Å². The van der Waals surface area contributed by atoms with E-state index in [4.69, 9.17) is 4.74 Å². The van der Waals surface area contributed by atoms with Gasteiger partial charge >= 0.3 is 6.09 Å². The van der Waals surface area contributed by atoms with Crippen molar-refractivity contribution in [2.45, 2.75) is 52.2 Å². The first-order valence-electron chi connectivity index (χ1n) is 8.24. The standard InChI is InChI=1S/C17H27BrN2O2S/c1-5-7-19-15(13-10-23-11-14(13)18)12-6-8-20(9-12)16(21)22-17(2,3)4/h10-12,15,19H,5-9H2,1-4H3. The quantitative estimate of drug-likeness (QED) is 0.767. The van der Waals surface area contributed by atoms with E-state index in [0.29, 0.717) is 5.92 Å². The molecule has 23 heavy (non-hydrogen) atoms. The van der Waals surface area contributed by atoms with Crippen molar-refractivity contribution >= 4 is 33.4 Å². The van der Waals surface area contributed by atoms with Gasteiger partial charge in [-0.2, -0.15) is 11.3 Å². The molecule has 0 aromatic carbocycles. The Balaban J connectivity index is 2.04. The van der Waals surface area contributed by atoms with Crippen molar-refractivity contribution < 1.29 is 9.53 Å². The number of hydrogen-bond acceptors (Lipinski definition) is 4. The van der Waals surface area contributed by atoms with Crippen molar-refractivity contribution in [3.05, 3.63) is 20.8 Å². The molecule has 6 heteroatoms. The minimum absolute atomic E-state index is 0.196. The molecule has 1 fully saturated rings. The van der Waals surface area contributed by atoms with Crippen molar-refractivity contribution in [2.75, 3.05) is 19.6 Å². The molecule has 2 atom stereocenters. The number of likely N-dealkylation sites (tertiary alicyclic amines) is 1. The number of halogens is 1. The van der Waals surface area contributed by atoms with Crippen molar-refractivity contribution in [1.29, 1.82) is 0 Å². The summed E-state index contributed by atoms with van der Waals surface area (Å²) in [6, 6.07) is 0.281. The lowest BCUT2D eigenvalue weighted by Gasteiger charge is -2.27. The lowest BCUT2D eigenvalue weighted by Crippen LogP contribution is -2.37. The van der Waals surface area contributed by atoms with Crippen molar-refractivity contribution in [1.82, 2.24) is 10.2 Å². The third kappa shape index (κ3) is 5.19. The monoisotopic (exact) mass is 402 g/mol. The summed E-state index contributed by atoms with van der Waals surface area (Å²) in [7, 11) is 0. The normalized spacial score (nSPS) is 19.9. The molecule has 1 aromatic rings. The van der Waals surface area contributed by atoms with Gasteiger partial charge in [0.2, 0.25) is 0 Å². The van der Waals surface area contributed by atoms with Gasteiger partial charge in [-0.3, -0.25) is 0 Å². The van der Waals surface area contributed by atoms with Crippen LogP contribution in [-0.2, 0) is 4.74 Å². The highest BCUT2D eigenvalue weighted by molar-refractivity contribution is 9.10. The molecular weight excluding hydrogens is 376 g/mol. The number of ether oxygens (including phenoxy) is 1. The van der Waals surface area contributed by atoms with Gasteiger partial charge in [0, 0.05) is 29.0 Å². The lowest BCUT2D eigenvalue weighted by molar-refractivity contribution is 0.0285. The first kappa shape index (κ1) is 18.7. The smallest absolute Gasteiger partial charge is 0.410 e. The van der Waals surface area contributed by atoms with Crippen molar-refractivity contribution in [3.63, 3.8) is 0 Å². The van der Waals surface area contributed by atoms with Gasteiger partial charge in [-0.15, -0.1) is 0 Å². The van der Waals surface area contributed by atoms with Gasteiger partial charge in [0.1, 0.15) is 5.60 Å². The van der Waals surface area contributed by atoms with Crippen LogP contribution in [0.2, 0.25) is 0 Å². The number of rotatable bonds is 5. The van der Waals surface area contributed by atoms with E-state index in [9.17, 15) is 4.79 Å². The van der Waals surface area contributed by atoms with Crippen LogP contribution < -0.4 is 5.32 Å². The third-order valence-corrected chi connectivity index (χ3v) is 5.69. The third-order valence-electron chi connectivity index (χ3n) is 3.94. The Bertz CT molecular complexity index is 527. The number of carbonyl (C=O) groups is 1. The number of nitrogens with one attached hydrogen (secondary N) is 1. The van der Waals surface area contributed by atoms with E-state index in [1.165, 1.54) is 5.56 Å². The van der Waals surface area contributed by atoms with Crippen LogP contribution in [0, 0.1) is 5.92 Å². The Labute approximate surface area is 151 Å². The first-order valence-corrected chi connectivity index (χ1v) is 9.98. The number of nitrogens with zero attached hydrogens (tertiary/aromatic N) is 1. The summed E-state index contributed by atoms with van der Waals surface area (Å²) in [6.45, 7) is 10.4. The average molecular weight is 403 g/mol. The average Bonchev–Trinajstić information content (AvgIpc) is 3.08. The number of carbonyl (C=O) groups excluding carboxylic acids is 1. The molecule has 0 bridgehead atoms. The predicted molar refractivity (Wildman–Crippen MR) is 99.0 cm³/mol. The maximum absolute atomic E-state index is 12.3. The molecule has 0 saturated carbocycles. The summed E-state index contributed by atoms with van der Waals surface area (Å²) in [4.78, 5) is 14.1. The Morgan fingerprint density at radius 1 is 1.52 bits per heavy atom. The molecule has 130 valence electrons. The highest BCUT2D eigenvalue weighted by atomic mass is 79.9. The van der Waals surface area contributed by atoms with Gasteiger partial charge in [-0.1, -0.05) is 6.92 Å². The van der Waals surface area contributed by atoms with Gasteiger partial charge < -0.3 is 15.0 Å². The molecule has 1 aliphatic heterocycles. The van der Waals surface area contributed by atoms with Crippen LogP contribution in [0.1, 0.15) is 52.1 Å². The van der Waals surface area contributed by atoms with Crippen LogP contribution in [0.5, 0.6) is 0 Å². The maximum atomic E-state index is 12.3. The van der Waals surface area contributed by atoms with E-state index >= 15 is 0 Å². The summed E-state index contributed by atoms with van der Waals surface area (Å²) >= 11 is 5.36. The fourth-order valence-corrected chi connectivity index (χ4v) is 4.48. The second-order valence-electron chi connectivity index (χ2n) is 7.08. The Morgan fingerprint density at radius 2 is 2.26 bits per heavy atom. The highest BCUT2D eigenvalue weighted by Gasteiger charge is 2.35. The van der Waals surface area contributed by atoms with Crippen molar-refractivity contribution in [2.24, 2.45) is 5.92 Å². The summed E-state index contributed by atoms with van der Waals surface area (Å²) < 4.78 is 6.66. The van der Waals surface area contributed by atoms with Crippen LogP contribution in [-0.4, -0.2) is 36.2 Å². The Kier molecular flexibility index (Phi) is 6.51. The van der Waals surface area contributed by atoms with Gasteiger partial charge in [0.05, 0.1) is 0 Å². The van der Waals surface area contributed by atoms with Gasteiger partial charge in [0.25, 0.3) is 0 Å². The molecule has 1 amide bonds. The predicted octanol–water partition coefficient (Wildman–Crippen LogP) is 4.81. The number of hydrogen-bond donors (Lipinski definition) is 1. The molecule has 0 spiro atoms. The minimum atomic E-state index is -0.439. The zero-order valence-corrected chi connectivity index (χ0v) is 16.8. The minimum Gasteiger partial charge on any atom is -0.444 e. The van der Waals surface area contributed by atoms with Crippen LogP contribution in [0.4, 0.5) is 4.79 Å². The van der Waals surface area contributed by atoms with E-state index < -0.39 is 5.60 Å². The molecule has 1 aliphatic rings. The Morgan fingerprint density at radius 3 is 2.83 bits per heavy atom. The zero-order valence-electron chi connectivity index (χ0n) is 14.4. The first-order chi connectivity index (χ1) is 10.8. The SMILES string of the molecule is CCCNC(c1cscc1Br)C1CCN(C(=O)OC(C)(C)C)C1. The second-order valence-corrected chi connectivity index (χ2v) is 8.68. The summed E-state index contributed by atoms with van der Waals surface area (Å²) in [5.41, 5.74) is 0.866. The fraction of sp³-hybridized carbons (Fsp3) is 0.706. The molecule has 0 aliphatic carbocycles. The zero-order chi connectivity index (χ0) is 17.0. The highest BCUT2D eigenvalue weighted by Crippen LogP contribution is 2.36. The van der Waals surface area contributed by atoms with Crippen molar-refractivity contribution in [3.8, 4) is 0 Å².